The van der Waals surface area contributed by atoms with Gasteiger partial charge in [-0.25, -0.2) is 4.98 Å². The summed E-state index contributed by atoms with van der Waals surface area (Å²) in [5, 5.41) is 0. The number of aromatic nitrogens is 1. The predicted octanol–water partition coefficient (Wildman–Crippen LogP) is 3.17. The van der Waals surface area contributed by atoms with Gasteiger partial charge in [-0.3, -0.25) is 4.90 Å². The normalized spacial score (nSPS) is 27.0. The van der Waals surface area contributed by atoms with Crippen LogP contribution in [0.5, 0.6) is 0 Å². The monoisotopic (exact) mass is 271 g/mol. The standard InChI is InChI=1S/C16H21N3O/c17-12-5-3-7-14-16(12)18-15(20-14)10-19-9-8-11-4-1-2-6-13(11)19/h3,5,7,11,13H,1-2,4,6,8-10,17H2. The van der Waals surface area contributed by atoms with Crippen LogP contribution in [0.3, 0.4) is 0 Å². The SMILES string of the molecule is Nc1cccc2oc(CN3CCC4CCCCC43)nc12. The lowest BCUT2D eigenvalue weighted by atomic mass is 9.85. The molecule has 1 aromatic heterocycles. The molecule has 2 atom stereocenters. The van der Waals surface area contributed by atoms with Gasteiger partial charge in [0.25, 0.3) is 0 Å². The molecule has 1 saturated carbocycles. The van der Waals surface area contributed by atoms with Crippen molar-refractivity contribution in [2.45, 2.75) is 44.7 Å². The van der Waals surface area contributed by atoms with Gasteiger partial charge in [-0.1, -0.05) is 18.9 Å². The third kappa shape index (κ3) is 1.99. The second-order valence-electron chi connectivity index (χ2n) is 6.17. The number of likely N-dealkylation sites (tertiary alicyclic amines) is 1. The van der Waals surface area contributed by atoms with Gasteiger partial charge in [0.2, 0.25) is 5.89 Å². The van der Waals surface area contributed by atoms with Crippen molar-refractivity contribution in [3.8, 4) is 0 Å². The zero-order chi connectivity index (χ0) is 13.5. The highest BCUT2D eigenvalue weighted by Gasteiger charge is 2.36. The quantitative estimate of drug-likeness (QED) is 0.852. The van der Waals surface area contributed by atoms with E-state index in [4.69, 9.17) is 10.2 Å². The van der Waals surface area contributed by atoms with Crippen molar-refractivity contribution in [2.75, 3.05) is 12.3 Å². The minimum Gasteiger partial charge on any atom is -0.439 e. The Morgan fingerprint density at radius 2 is 2.15 bits per heavy atom. The van der Waals surface area contributed by atoms with Crippen LogP contribution >= 0.6 is 0 Å². The van der Waals surface area contributed by atoms with E-state index >= 15 is 0 Å². The molecule has 1 aromatic carbocycles. The first-order valence-electron chi connectivity index (χ1n) is 7.69. The Labute approximate surface area is 118 Å². The van der Waals surface area contributed by atoms with E-state index in [9.17, 15) is 0 Å². The molecule has 4 rings (SSSR count). The Morgan fingerprint density at radius 1 is 1.25 bits per heavy atom. The molecule has 2 N–H and O–H groups in total. The van der Waals surface area contributed by atoms with Crippen molar-refractivity contribution in [1.82, 2.24) is 9.88 Å². The van der Waals surface area contributed by atoms with Gasteiger partial charge in [0.05, 0.1) is 12.2 Å². The van der Waals surface area contributed by atoms with Crippen LogP contribution in [0.15, 0.2) is 22.6 Å². The van der Waals surface area contributed by atoms with Crippen LogP contribution in [0.25, 0.3) is 11.1 Å². The summed E-state index contributed by atoms with van der Waals surface area (Å²) in [6.45, 7) is 2.01. The average Bonchev–Trinajstić information content (AvgIpc) is 3.05. The van der Waals surface area contributed by atoms with Crippen molar-refractivity contribution in [3.05, 3.63) is 24.1 Å². The maximum atomic E-state index is 5.95. The maximum Gasteiger partial charge on any atom is 0.209 e. The van der Waals surface area contributed by atoms with E-state index in [1.54, 1.807) is 0 Å². The van der Waals surface area contributed by atoms with E-state index in [0.29, 0.717) is 5.69 Å². The first-order chi connectivity index (χ1) is 9.81. The van der Waals surface area contributed by atoms with Gasteiger partial charge in [0, 0.05) is 6.04 Å². The number of anilines is 1. The first kappa shape index (κ1) is 12.2. The molecule has 20 heavy (non-hydrogen) atoms. The second kappa shape index (κ2) is 4.77. The molecule has 2 heterocycles. The summed E-state index contributed by atoms with van der Waals surface area (Å²) in [6.07, 6.45) is 6.87. The molecule has 4 heteroatoms. The van der Waals surface area contributed by atoms with E-state index in [1.165, 1.54) is 38.6 Å². The molecule has 1 saturated heterocycles. The summed E-state index contributed by atoms with van der Waals surface area (Å²) in [7, 11) is 0. The largest absolute Gasteiger partial charge is 0.439 e. The molecule has 0 bridgehead atoms. The van der Waals surface area contributed by atoms with Gasteiger partial charge >= 0.3 is 0 Å². The highest BCUT2D eigenvalue weighted by atomic mass is 16.3. The zero-order valence-corrected chi connectivity index (χ0v) is 11.7. The molecule has 0 amide bonds. The van der Waals surface area contributed by atoms with Gasteiger partial charge in [-0.05, 0) is 43.9 Å². The molecular weight excluding hydrogens is 250 g/mol. The zero-order valence-electron chi connectivity index (χ0n) is 11.7. The molecule has 2 aliphatic rings. The Balaban J connectivity index is 1.57. The van der Waals surface area contributed by atoms with Crippen molar-refractivity contribution < 1.29 is 4.42 Å². The molecule has 0 spiro atoms. The lowest BCUT2D eigenvalue weighted by Gasteiger charge is -2.30. The number of hydrogen-bond acceptors (Lipinski definition) is 4. The third-order valence-electron chi connectivity index (χ3n) is 4.96. The topological polar surface area (TPSA) is 55.3 Å². The van der Waals surface area contributed by atoms with Gasteiger partial charge in [-0.2, -0.15) is 0 Å². The third-order valence-corrected chi connectivity index (χ3v) is 4.96. The van der Waals surface area contributed by atoms with Crippen LogP contribution in [-0.2, 0) is 6.54 Å². The van der Waals surface area contributed by atoms with Gasteiger partial charge in [0.15, 0.2) is 5.58 Å². The number of hydrogen-bond donors (Lipinski definition) is 1. The number of nitrogens with zero attached hydrogens (tertiary/aromatic N) is 2. The lowest BCUT2D eigenvalue weighted by Crippen LogP contribution is -2.34. The molecule has 4 nitrogen and oxygen atoms in total. The number of nitrogens with two attached hydrogens (primary N) is 1. The predicted molar refractivity (Wildman–Crippen MR) is 79.2 cm³/mol. The average molecular weight is 271 g/mol. The Kier molecular flexibility index (Phi) is 2.91. The number of oxazole rings is 1. The number of rotatable bonds is 2. The van der Waals surface area contributed by atoms with Crippen molar-refractivity contribution in [1.29, 1.82) is 0 Å². The Morgan fingerprint density at radius 3 is 3.05 bits per heavy atom. The summed E-state index contributed by atoms with van der Waals surface area (Å²) in [4.78, 5) is 7.14. The smallest absolute Gasteiger partial charge is 0.209 e. The van der Waals surface area contributed by atoms with Crippen LogP contribution in [0.2, 0.25) is 0 Å². The fraction of sp³-hybridized carbons (Fsp3) is 0.562. The van der Waals surface area contributed by atoms with Crippen LogP contribution in [0.4, 0.5) is 5.69 Å². The van der Waals surface area contributed by atoms with Gasteiger partial charge in [-0.15, -0.1) is 0 Å². The fourth-order valence-electron chi connectivity index (χ4n) is 3.96. The van der Waals surface area contributed by atoms with E-state index in [2.05, 4.69) is 9.88 Å². The highest BCUT2D eigenvalue weighted by molar-refractivity contribution is 5.85. The molecule has 1 aliphatic heterocycles. The Hall–Kier alpha value is -1.55. The van der Waals surface area contributed by atoms with Crippen LogP contribution in [0.1, 0.15) is 38.0 Å². The van der Waals surface area contributed by atoms with Gasteiger partial charge in [0.1, 0.15) is 5.52 Å². The van der Waals surface area contributed by atoms with Crippen LogP contribution in [0, 0.1) is 5.92 Å². The first-order valence-corrected chi connectivity index (χ1v) is 7.69. The van der Waals surface area contributed by atoms with Crippen LogP contribution in [-0.4, -0.2) is 22.5 Å². The maximum absolute atomic E-state index is 5.95. The minimum absolute atomic E-state index is 0.703. The van der Waals surface area contributed by atoms with Crippen LogP contribution < -0.4 is 5.73 Å². The molecule has 2 aromatic rings. The van der Waals surface area contributed by atoms with E-state index in [0.717, 1.165) is 35.5 Å². The molecule has 2 unspecified atom stereocenters. The molecule has 2 fully saturated rings. The number of para-hydroxylation sites is 1. The minimum atomic E-state index is 0.703. The van der Waals surface area contributed by atoms with E-state index in [-0.39, 0.29) is 0 Å². The molecule has 106 valence electrons. The molecule has 1 aliphatic carbocycles. The Bertz CT molecular complexity index is 621. The fourth-order valence-corrected chi connectivity index (χ4v) is 3.96. The number of benzene rings is 1. The number of nitrogen functional groups attached to an aromatic ring is 1. The molecule has 0 radical (unpaired) electrons. The van der Waals surface area contributed by atoms with Crippen molar-refractivity contribution >= 4 is 16.8 Å². The van der Waals surface area contributed by atoms with E-state index in [1.807, 2.05) is 18.2 Å². The lowest BCUT2D eigenvalue weighted by molar-refractivity contribution is 0.164. The highest BCUT2D eigenvalue weighted by Crippen LogP contribution is 2.37. The summed E-state index contributed by atoms with van der Waals surface area (Å²) in [5.74, 6) is 1.71. The summed E-state index contributed by atoms with van der Waals surface area (Å²) >= 11 is 0. The summed E-state index contributed by atoms with van der Waals surface area (Å²) in [6, 6.07) is 6.48. The van der Waals surface area contributed by atoms with Crippen molar-refractivity contribution in [2.24, 2.45) is 5.92 Å². The number of fused-ring (bicyclic) bond motifs is 2. The summed E-state index contributed by atoms with van der Waals surface area (Å²) < 4.78 is 5.86. The van der Waals surface area contributed by atoms with Crippen molar-refractivity contribution in [3.63, 3.8) is 0 Å². The second-order valence-corrected chi connectivity index (χ2v) is 6.17. The van der Waals surface area contributed by atoms with E-state index < -0.39 is 0 Å². The van der Waals surface area contributed by atoms with Gasteiger partial charge < -0.3 is 10.2 Å². The summed E-state index contributed by atoms with van der Waals surface area (Å²) in [5.41, 5.74) is 8.26. The molecular formula is C16H21N3O.